The number of nitrogens with zero attached hydrogens (tertiary/aromatic N) is 5. The predicted molar refractivity (Wildman–Crippen MR) is 63.0 cm³/mol. The van der Waals surface area contributed by atoms with Crippen molar-refractivity contribution in [2.75, 3.05) is 14.2 Å². The van der Waals surface area contributed by atoms with Gasteiger partial charge in [0.15, 0.2) is 5.34 Å². The molecule has 0 saturated heterocycles. The highest BCUT2D eigenvalue weighted by Crippen LogP contribution is 2.35. The van der Waals surface area contributed by atoms with Crippen molar-refractivity contribution in [3.8, 4) is 0 Å². The fraction of sp³-hybridized carbons (Fsp3) is 1.00. The number of hydrogen-bond acceptors (Lipinski definition) is 11. The summed E-state index contributed by atoms with van der Waals surface area (Å²) in [6, 6.07) is -2.14. The summed E-state index contributed by atoms with van der Waals surface area (Å²) in [5, 5.41) is 29.0. The first-order chi connectivity index (χ1) is 8.97. The average Bonchev–Trinajstić information content (AvgIpc) is 2.74. The van der Waals surface area contributed by atoms with Crippen molar-refractivity contribution in [3.63, 3.8) is 0 Å². The minimum absolute atomic E-state index is 0.138. The zero-order valence-corrected chi connectivity index (χ0v) is 10.7. The molecule has 0 radical (unpaired) electrons. The fourth-order valence-electron chi connectivity index (χ4n) is 2.45. The molecule has 0 bridgehead atoms. The molecule has 11 heteroatoms. The van der Waals surface area contributed by atoms with Crippen molar-refractivity contribution in [2.24, 2.45) is 16.4 Å². The summed E-state index contributed by atoms with van der Waals surface area (Å²) < 4.78 is 0. The Labute approximate surface area is 109 Å². The van der Waals surface area contributed by atoms with Crippen molar-refractivity contribution < 1.29 is 9.78 Å². The molecule has 0 aromatic carbocycles. The van der Waals surface area contributed by atoms with E-state index in [1.807, 2.05) is 5.34 Å². The van der Waals surface area contributed by atoms with Crippen LogP contribution < -0.4 is 0 Å². The van der Waals surface area contributed by atoms with Gasteiger partial charge >= 0.3 is 0 Å². The van der Waals surface area contributed by atoms with Crippen LogP contribution in [0.1, 0.15) is 13.3 Å². The molecule has 1 aliphatic carbocycles. The Balaban J connectivity index is 2.90. The van der Waals surface area contributed by atoms with Crippen molar-refractivity contribution in [3.05, 3.63) is 20.2 Å². The maximum atomic E-state index is 11.6. The Morgan fingerprint density at radius 1 is 1.32 bits per heavy atom. The molecule has 0 aliphatic heterocycles. The van der Waals surface area contributed by atoms with Gasteiger partial charge in [-0.15, -0.1) is 10.2 Å². The van der Waals surface area contributed by atoms with Gasteiger partial charge in [0.2, 0.25) is 0 Å². The molecule has 1 saturated carbocycles. The molecule has 0 spiro atoms. The first kappa shape index (κ1) is 15.8. The molecule has 19 heavy (non-hydrogen) atoms. The van der Waals surface area contributed by atoms with Gasteiger partial charge in [-0.3, -0.25) is 10.2 Å². The zero-order valence-electron chi connectivity index (χ0n) is 10.7. The van der Waals surface area contributed by atoms with Crippen LogP contribution in [0.25, 0.3) is 0 Å². The summed E-state index contributed by atoms with van der Waals surface area (Å²) in [5.74, 6) is -0.397. The molecule has 0 aromatic heterocycles. The van der Waals surface area contributed by atoms with Crippen molar-refractivity contribution in [2.45, 2.75) is 31.5 Å². The standard InChI is InChI=1S/C8H15N5O6/c1-5-6(9-14)4-7(12(16)18-3)8(5)11(2)13(17)19-10-15/h5-8H,4H2,1-3H3/q-2. The van der Waals surface area contributed by atoms with Crippen LogP contribution in [-0.2, 0) is 9.78 Å². The van der Waals surface area contributed by atoms with Gasteiger partial charge in [0.1, 0.15) is 0 Å². The minimum Gasteiger partial charge on any atom is -0.762 e. The van der Waals surface area contributed by atoms with Crippen molar-refractivity contribution >= 4 is 0 Å². The van der Waals surface area contributed by atoms with Crippen LogP contribution in [0, 0.1) is 26.1 Å². The van der Waals surface area contributed by atoms with Crippen LogP contribution >= 0.6 is 0 Å². The normalized spacial score (nSPS) is 31.2. The maximum absolute atomic E-state index is 11.6. The summed E-state index contributed by atoms with van der Waals surface area (Å²) in [7, 11) is 2.48. The Bertz CT molecular complexity index is 320. The molecule has 1 aliphatic rings. The summed E-state index contributed by atoms with van der Waals surface area (Å²) in [6.07, 6.45) is 0.138. The van der Waals surface area contributed by atoms with Gasteiger partial charge in [-0.25, -0.2) is 5.01 Å². The third-order valence-electron chi connectivity index (χ3n) is 3.40. The fourth-order valence-corrected chi connectivity index (χ4v) is 2.45. The van der Waals surface area contributed by atoms with E-state index in [2.05, 4.69) is 15.0 Å². The first-order valence-electron chi connectivity index (χ1n) is 5.50. The van der Waals surface area contributed by atoms with Crippen LogP contribution in [-0.4, -0.2) is 47.9 Å². The maximum Gasteiger partial charge on any atom is 0.176 e. The monoisotopic (exact) mass is 277 g/mol. The SMILES string of the molecule is CON([O-])C1CC(N=O)C(C)C1N(C)N([O-])ON=O. The van der Waals surface area contributed by atoms with Crippen LogP contribution in [0.4, 0.5) is 0 Å². The Kier molecular flexibility index (Phi) is 5.65. The van der Waals surface area contributed by atoms with E-state index in [1.54, 1.807) is 6.92 Å². The van der Waals surface area contributed by atoms with Crippen molar-refractivity contribution in [1.29, 1.82) is 0 Å². The van der Waals surface area contributed by atoms with Crippen LogP contribution in [0.2, 0.25) is 0 Å². The molecule has 110 valence electrons. The molecule has 1 rings (SSSR count). The Morgan fingerprint density at radius 2 is 1.95 bits per heavy atom. The number of nitroso groups, excluding NO2 is 1. The quantitative estimate of drug-likeness (QED) is 0.482. The van der Waals surface area contributed by atoms with Crippen LogP contribution in [0.15, 0.2) is 10.5 Å². The third-order valence-corrected chi connectivity index (χ3v) is 3.40. The molecule has 0 heterocycles. The predicted octanol–water partition coefficient (Wildman–Crippen LogP) is 0.519. The topological polar surface area (TPSA) is 133 Å². The minimum atomic E-state index is -0.792. The lowest BCUT2D eigenvalue weighted by molar-refractivity contribution is -0.271. The van der Waals surface area contributed by atoms with E-state index in [-0.39, 0.29) is 11.8 Å². The smallest absolute Gasteiger partial charge is 0.176 e. The molecule has 4 atom stereocenters. The molecular weight excluding hydrogens is 262 g/mol. The summed E-state index contributed by atoms with van der Waals surface area (Å²) in [6.45, 7) is 1.67. The van der Waals surface area contributed by atoms with E-state index >= 15 is 0 Å². The van der Waals surface area contributed by atoms with Gasteiger partial charge in [-0.1, -0.05) is 12.1 Å². The molecule has 0 aromatic rings. The molecule has 1 fully saturated rings. The highest BCUT2D eigenvalue weighted by molar-refractivity contribution is 5.00. The number of hydrogen-bond donors (Lipinski definition) is 0. The van der Waals surface area contributed by atoms with Crippen molar-refractivity contribution in [1.82, 2.24) is 15.6 Å². The number of hydrazine groups is 1. The van der Waals surface area contributed by atoms with Gasteiger partial charge in [0.05, 0.1) is 13.2 Å². The summed E-state index contributed by atoms with van der Waals surface area (Å²) >= 11 is 0. The second-order valence-electron chi connectivity index (χ2n) is 4.26. The van der Waals surface area contributed by atoms with Gasteiger partial charge in [-0.2, -0.15) is 4.91 Å². The largest absolute Gasteiger partial charge is 0.762 e. The highest BCUT2D eigenvalue weighted by atomic mass is 17.0. The lowest BCUT2D eigenvalue weighted by Crippen LogP contribution is -2.52. The lowest BCUT2D eigenvalue weighted by Gasteiger charge is -2.44. The van der Waals surface area contributed by atoms with E-state index in [0.717, 1.165) is 5.01 Å². The molecule has 4 unspecified atom stereocenters. The van der Waals surface area contributed by atoms with Gasteiger partial charge in [0.25, 0.3) is 0 Å². The molecular formula is C8H15N5O6-2. The Morgan fingerprint density at radius 3 is 2.42 bits per heavy atom. The second kappa shape index (κ2) is 6.79. The van der Waals surface area contributed by atoms with Crippen LogP contribution in [0.3, 0.4) is 0 Å². The van der Waals surface area contributed by atoms with E-state index in [0.29, 0.717) is 5.23 Å². The number of rotatable bonds is 7. The third kappa shape index (κ3) is 3.20. The lowest BCUT2D eigenvalue weighted by atomic mass is 10.0. The van der Waals surface area contributed by atoms with Gasteiger partial charge < -0.3 is 15.3 Å². The second-order valence-corrected chi connectivity index (χ2v) is 4.26. The van der Waals surface area contributed by atoms with Gasteiger partial charge in [0, 0.05) is 25.0 Å². The highest BCUT2D eigenvalue weighted by Gasteiger charge is 2.45. The molecule has 0 N–H and O–H groups in total. The van der Waals surface area contributed by atoms with E-state index < -0.39 is 24.0 Å². The molecule has 11 nitrogen and oxygen atoms in total. The first-order valence-corrected chi connectivity index (χ1v) is 5.50. The zero-order chi connectivity index (χ0) is 14.6. The number of likely N-dealkylation sites (N-methyl/N-ethyl adjacent to an activating group) is 1. The average molecular weight is 277 g/mol. The van der Waals surface area contributed by atoms with Gasteiger partial charge in [-0.05, 0) is 6.42 Å². The number of hydroxylamine groups is 2. The summed E-state index contributed by atoms with van der Waals surface area (Å²) in [5.41, 5.74) is 0. The van der Waals surface area contributed by atoms with E-state index in [1.165, 1.54) is 14.2 Å². The molecule has 0 amide bonds. The van der Waals surface area contributed by atoms with Crippen LogP contribution in [0.5, 0.6) is 0 Å². The summed E-state index contributed by atoms with van der Waals surface area (Å²) in [4.78, 5) is 29.1. The van der Waals surface area contributed by atoms with E-state index in [9.17, 15) is 20.2 Å². The Hall–Kier alpha value is -1.24. The van der Waals surface area contributed by atoms with E-state index in [4.69, 9.17) is 0 Å².